The summed E-state index contributed by atoms with van der Waals surface area (Å²) in [7, 11) is 4.47. The number of aliphatic hydroxyl groups is 1. The molecule has 1 aromatic rings. The summed E-state index contributed by atoms with van der Waals surface area (Å²) in [4.78, 5) is 0. The van der Waals surface area contributed by atoms with Gasteiger partial charge in [0, 0.05) is 5.02 Å². The first-order chi connectivity index (χ1) is 12.4. The number of hydrogen-bond donors (Lipinski definition) is 1. The summed E-state index contributed by atoms with van der Waals surface area (Å²) in [6.45, 7) is 5.53. The SMILES string of the molecule is CCCCCCCCCCCC[N+](C)(C)C(C)C(O)c1ccc(Cl)cc1. The van der Waals surface area contributed by atoms with E-state index in [0.717, 1.165) is 16.6 Å². The fourth-order valence-corrected chi connectivity index (χ4v) is 3.66. The van der Waals surface area contributed by atoms with Gasteiger partial charge in [0.25, 0.3) is 0 Å². The van der Waals surface area contributed by atoms with Crippen LogP contribution in [0.15, 0.2) is 24.3 Å². The van der Waals surface area contributed by atoms with Gasteiger partial charge in [0.05, 0.1) is 20.6 Å². The zero-order valence-electron chi connectivity index (χ0n) is 17.5. The van der Waals surface area contributed by atoms with Crippen molar-refractivity contribution in [2.45, 2.75) is 90.2 Å². The molecule has 3 heteroatoms. The lowest BCUT2D eigenvalue weighted by Crippen LogP contribution is -2.50. The van der Waals surface area contributed by atoms with E-state index in [2.05, 4.69) is 27.9 Å². The highest BCUT2D eigenvalue weighted by molar-refractivity contribution is 6.30. The predicted molar refractivity (Wildman–Crippen MR) is 115 cm³/mol. The van der Waals surface area contributed by atoms with Crippen LogP contribution in [0.1, 0.15) is 89.7 Å². The molecule has 0 saturated heterocycles. The van der Waals surface area contributed by atoms with E-state index in [1.54, 1.807) is 0 Å². The first kappa shape index (κ1) is 23.5. The minimum absolute atomic E-state index is 0.162. The number of unbranched alkanes of at least 4 members (excludes halogenated alkanes) is 9. The highest BCUT2D eigenvalue weighted by atomic mass is 35.5. The molecule has 0 aliphatic carbocycles. The smallest absolute Gasteiger partial charge is 0.130 e. The molecule has 150 valence electrons. The van der Waals surface area contributed by atoms with Crippen LogP contribution in [0.3, 0.4) is 0 Å². The van der Waals surface area contributed by atoms with Crippen LogP contribution in [0.4, 0.5) is 0 Å². The minimum atomic E-state index is -0.453. The third-order valence-electron chi connectivity index (χ3n) is 5.86. The van der Waals surface area contributed by atoms with Crippen molar-refractivity contribution in [1.29, 1.82) is 0 Å². The van der Waals surface area contributed by atoms with Crippen molar-refractivity contribution in [2.24, 2.45) is 0 Å². The second kappa shape index (κ2) is 12.8. The van der Waals surface area contributed by atoms with Crippen molar-refractivity contribution in [1.82, 2.24) is 0 Å². The molecule has 0 amide bonds. The van der Waals surface area contributed by atoms with Gasteiger partial charge in [-0.25, -0.2) is 0 Å². The first-order valence-electron chi connectivity index (χ1n) is 10.6. The standard InChI is InChI=1S/C23H41ClNO/c1-5-6-7-8-9-10-11-12-13-14-19-25(3,4)20(2)23(26)21-15-17-22(24)18-16-21/h15-18,20,23,26H,5-14,19H2,1-4H3/q+1. The molecule has 0 aromatic heterocycles. The maximum absolute atomic E-state index is 10.7. The number of halogens is 1. The van der Waals surface area contributed by atoms with E-state index in [1.165, 1.54) is 64.2 Å². The van der Waals surface area contributed by atoms with Gasteiger partial charge in [-0.1, -0.05) is 82.0 Å². The van der Waals surface area contributed by atoms with Gasteiger partial charge >= 0.3 is 0 Å². The van der Waals surface area contributed by atoms with E-state index >= 15 is 0 Å². The summed E-state index contributed by atoms with van der Waals surface area (Å²) >= 11 is 5.95. The minimum Gasteiger partial charge on any atom is -0.382 e. The van der Waals surface area contributed by atoms with Crippen molar-refractivity contribution in [3.8, 4) is 0 Å². The quantitative estimate of drug-likeness (QED) is 0.278. The molecule has 26 heavy (non-hydrogen) atoms. The van der Waals surface area contributed by atoms with E-state index in [1.807, 2.05) is 24.3 Å². The van der Waals surface area contributed by atoms with E-state index < -0.39 is 6.10 Å². The van der Waals surface area contributed by atoms with Crippen molar-refractivity contribution in [3.05, 3.63) is 34.9 Å². The average molecular weight is 383 g/mol. The van der Waals surface area contributed by atoms with Crippen LogP contribution in [0.5, 0.6) is 0 Å². The highest BCUT2D eigenvalue weighted by Crippen LogP contribution is 2.25. The van der Waals surface area contributed by atoms with Gasteiger partial charge in [-0.15, -0.1) is 0 Å². The Bertz CT molecular complexity index is 472. The molecule has 1 aromatic carbocycles. The van der Waals surface area contributed by atoms with Gasteiger partial charge in [-0.2, -0.15) is 0 Å². The van der Waals surface area contributed by atoms with Crippen LogP contribution in [0, 0.1) is 0 Å². The summed E-state index contributed by atoms with van der Waals surface area (Å²) in [5.41, 5.74) is 0.955. The number of quaternary nitrogens is 1. The van der Waals surface area contributed by atoms with Crippen LogP contribution in [-0.4, -0.2) is 36.3 Å². The molecule has 0 radical (unpaired) electrons. The molecular weight excluding hydrogens is 342 g/mol. The van der Waals surface area contributed by atoms with Crippen LogP contribution in [0.2, 0.25) is 5.02 Å². The topological polar surface area (TPSA) is 20.2 Å². The molecule has 0 saturated carbocycles. The Morgan fingerprint density at radius 2 is 1.31 bits per heavy atom. The Morgan fingerprint density at radius 3 is 1.81 bits per heavy atom. The second-order valence-corrected chi connectivity index (χ2v) is 8.86. The van der Waals surface area contributed by atoms with E-state index in [-0.39, 0.29) is 6.04 Å². The van der Waals surface area contributed by atoms with Crippen molar-refractivity contribution in [2.75, 3.05) is 20.6 Å². The number of nitrogens with zero attached hydrogens (tertiary/aromatic N) is 1. The van der Waals surface area contributed by atoms with Gasteiger partial charge in [0.2, 0.25) is 0 Å². The van der Waals surface area contributed by atoms with E-state index in [4.69, 9.17) is 11.6 Å². The molecule has 2 unspecified atom stereocenters. The maximum Gasteiger partial charge on any atom is 0.130 e. The Labute approximate surface area is 167 Å². The molecular formula is C23H41ClNO+. The Kier molecular flexibility index (Phi) is 11.5. The summed E-state index contributed by atoms with van der Waals surface area (Å²) in [5, 5.41) is 11.4. The van der Waals surface area contributed by atoms with E-state index in [9.17, 15) is 5.11 Å². The third-order valence-corrected chi connectivity index (χ3v) is 6.11. The Morgan fingerprint density at radius 1 is 0.846 bits per heavy atom. The molecule has 0 aliphatic rings. The van der Waals surface area contributed by atoms with Gasteiger partial charge in [-0.3, -0.25) is 0 Å². The average Bonchev–Trinajstić information content (AvgIpc) is 2.62. The molecule has 0 bridgehead atoms. The molecule has 2 nitrogen and oxygen atoms in total. The predicted octanol–water partition coefficient (Wildman–Crippen LogP) is 6.76. The lowest BCUT2D eigenvalue weighted by molar-refractivity contribution is -0.917. The summed E-state index contributed by atoms with van der Waals surface area (Å²) < 4.78 is 0.848. The largest absolute Gasteiger partial charge is 0.382 e. The van der Waals surface area contributed by atoms with Gasteiger partial charge < -0.3 is 9.59 Å². The third kappa shape index (κ3) is 8.88. The molecule has 1 rings (SSSR count). The second-order valence-electron chi connectivity index (χ2n) is 8.42. The number of likely N-dealkylation sites (N-methyl/N-ethyl adjacent to an activating group) is 1. The Hall–Kier alpha value is -0.570. The van der Waals surface area contributed by atoms with Crippen molar-refractivity contribution in [3.63, 3.8) is 0 Å². The lowest BCUT2D eigenvalue weighted by atomic mass is 10.0. The van der Waals surface area contributed by atoms with Crippen molar-refractivity contribution >= 4 is 11.6 Å². The molecule has 0 aliphatic heterocycles. The molecule has 0 fully saturated rings. The lowest BCUT2D eigenvalue weighted by Gasteiger charge is -2.38. The number of benzene rings is 1. The van der Waals surface area contributed by atoms with Crippen LogP contribution >= 0.6 is 11.6 Å². The maximum atomic E-state index is 10.7. The normalized spacial score (nSPS) is 14.4. The summed E-state index contributed by atoms with van der Waals surface area (Å²) in [6, 6.07) is 7.74. The summed E-state index contributed by atoms with van der Waals surface area (Å²) in [6.07, 6.45) is 13.2. The van der Waals surface area contributed by atoms with Gasteiger partial charge in [0.15, 0.2) is 0 Å². The number of hydrogen-bond acceptors (Lipinski definition) is 1. The van der Waals surface area contributed by atoms with Crippen molar-refractivity contribution < 1.29 is 9.59 Å². The van der Waals surface area contributed by atoms with E-state index in [0.29, 0.717) is 5.02 Å². The molecule has 1 N–H and O–H groups in total. The number of aliphatic hydroxyl groups excluding tert-OH is 1. The summed E-state index contributed by atoms with van der Waals surface area (Å²) in [5.74, 6) is 0. The zero-order valence-corrected chi connectivity index (χ0v) is 18.3. The molecule has 0 spiro atoms. The highest BCUT2D eigenvalue weighted by Gasteiger charge is 2.31. The fraction of sp³-hybridized carbons (Fsp3) is 0.739. The molecule has 0 heterocycles. The molecule has 2 atom stereocenters. The Balaban J connectivity index is 2.22. The monoisotopic (exact) mass is 382 g/mol. The van der Waals surface area contributed by atoms with Crippen LogP contribution < -0.4 is 0 Å². The first-order valence-corrected chi connectivity index (χ1v) is 11.0. The van der Waals surface area contributed by atoms with Crippen LogP contribution in [-0.2, 0) is 0 Å². The number of rotatable bonds is 14. The van der Waals surface area contributed by atoms with Crippen LogP contribution in [0.25, 0.3) is 0 Å². The zero-order chi connectivity index (χ0) is 19.4. The van der Waals surface area contributed by atoms with Gasteiger partial charge in [-0.05, 0) is 37.5 Å². The van der Waals surface area contributed by atoms with Gasteiger partial charge in [0.1, 0.15) is 12.1 Å². The fourth-order valence-electron chi connectivity index (χ4n) is 3.53.